The Labute approximate surface area is 85.4 Å². The highest BCUT2D eigenvalue weighted by Gasteiger charge is 2.30. The van der Waals surface area contributed by atoms with Gasteiger partial charge in [0.05, 0.1) is 18.5 Å². The standard InChI is InChI=1S/C8H15NO2S2/c10-13-4-2-11-5-8(13)7-6-12-3-1-9-7/h7-9H,1-6H2. The second-order valence-electron chi connectivity index (χ2n) is 3.33. The Morgan fingerprint density at radius 1 is 1.54 bits per heavy atom. The minimum atomic E-state index is -0.676. The normalized spacial score (nSPS) is 41.7. The molecule has 3 unspecified atom stereocenters. The van der Waals surface area contributed by atoms with E-state index in [2.05, 4.69) is 5.32 Å². The van der Waals surface area contributed by atoms with Crippen LogP contribution in [0.15, 0.2) is 0 Å². The van der Waals surface area contributed by atoms with E-state index in [9.17, 15) is 4.21 Å². The average molecular weight is 221 g/mol. The molecule has 13 heavy (non-hydrogen) atoms. The van der Waals surface area contributed by atoms with Crippen LogP contribution < -0.4 is 5.32 Å². The summed E-state index contributed by atoms with van der Waals surface area (Å²) in [5, 5.41) is 3.65. The fourth-order valence-electron chi connectivity index (χ4n) is 1.69. The molecule has 3 atom stereocenters. The van der Waals surface area contributed by atoms with Gasteiger partial charge in [0, 0.05) is 40.6 Å². The molecule has 0 radical (unpaired) electrons. The molecule has 5 heteroatoms. The molecular formula is C8H15NO2S2. The topological polar surface area (TPSA) is 38.3 Å². The van der Waals surface area contributed by atoms with Crippen molar-refractivity contribution < 1.29 is 8.95 Å². The minimum absolute atomic E-state index is 0.224. The van der Waals surface area contributed by atoms with E-state index < -0.39 is 10.8 Å². The summed E-state index contributed by atoms with van der Waals surface area (Å²) in [5.41, 5.74) is 0. The monoisotopic (exact) mass is 221 g/mol. The number of rotatable bonds is 1. The van der Waals surface area contributed by atoms with Gasteiger partial charge in [-0.15, -0.1) is 0 Å². The quantitative estimate of drug-likeness (QED) is 0.668. The van der Waals surface area contributed by atoms with Crippen LogP contribution in [-0.2, 0) is 15.5 Å². The number of hydrogen-bond donors (Lipinski definition) is 1. The second kappa shape index (κ2) is 4.77. The van der Waals surface area contributed by atoms with Gasteiger partial charge < -0.3 is 10.1 Å². The number of nitrogens with one attached hydrogen (secondary N) is 1. The zero-order valence-corrected chi connectivity index (χ0v) is 9.16. The molecule has 2 saturated heterocycles. The third-order valence-electron chi connectivity index (χ3n) is 2.45. The zero-order chi connectivity index (χ0) is 9.10. The van der Waals surface area contributed by atoms with Crippen LogP contribution in [0.25, 0.3) is 0 Å². The molecule has 2 aliphatic heterocycles. The SMILES string of the molecule is O=S1CCOCC1C1CSCCN1. The first-order chi connectivity index (χ1) is 6.38. The van der Waals surface area contributed by atoms with Crippen LogP contribution in [0.2, 0.25) is 0 Å². The zero-order valence-electron chi connectivity index (χ0n) is 7.53. The summed E-state index contributed by atoms with van der Waals surface area (Å²) < 4.78 is 17.0. The molecular weight excluding hydrogens is 206 g/mol. The van der Waals surface area contributed by atoms with Crippen LogP contribution in [0.4, 0.5) is 0 Å². The van der Waals surface area contributed by atoms with Crippen molar-refractivity contribution in [1.82, 2.24) is 5.32 Å². The Balaban J connectivity index is 1.92. The first-order valence-electron chi connectivity index (χ1n) is 4.64. The Morgan fingerprint density at radius 2 is 2.46 bits per heavy atom. The van der Waals surface area contributed by atoms with Crippen LogP contribution >= 0.6 is 11.8 Å². The lowest BCUT2D eigenvalue weighted by Gasteiger charge is -2.32. The lowest BCUT2D eigenvalue weighted by Crippen LogP contribution is -2.51. The Bertz CT molecular complexity index is 195. The van der Waals surface area contributed by atoms with Gasteiger partial charge in [-0.1, -0.05) is 0 Å². The summed E-state index contributed by atoms with van der Waals surface area (Å²) in [6.45, 7) is 2.39. The van der Waals surface area contributed by atoms with Crippen LogP contribution in [-0.4, -0.2) is 52.5 Å². The van der Waals surface area contributed by atoms with Gasteiger partial charge in [-0.25, -0.2) is 0 Å². The summed E-state index contributed by atoms with van der Waals surface area (Å²) in [7, 11) is -0.676. The molecule has 2 rings (SSSR count). The summed E-state index contributed by atoms with van der Waals surface area (Å²) in [6, 6.07) is 0.403. The summed E-state index contributed by atoms with van der Waals surface area (Å²) in [5.74, 6) is 2.98. The predicted molar refractivity (Wildman–Crippen MR) is 56.7 cm³/mol. The van der Waals surface area contributed by atoms with Crippen molar-refractivity contribution in [3.63, 3.8) is 0 Å². The Kier molecular flexibility index (Phi) is 3.66. The highest BCUT2D eigenvalue weighted by molar-refractivity contribution is 7.99. The highest BCUT2D eigenvalue weighted by Crippen LogP contribution is 2.16. The van der Waals surface area contributed by atoms with Crippen LogP contribution in [0.5, 0.6) is 0 Å². The van der Waals surface area contributed by atoms with Gasteiger partial charge in [0.15, 0.2) is 0 Å². The van der Waals surface area contributed by atoms with E-state index in [4.69, 9.17) is 4.74 Å². The molecule has 0 saturated carbocycles. The maximum absolute atomic E-state index is 11.7. The van der Waals surface area contributed by atoms with Gasteiger partial charge in [0.25, 0.3) is 0 Å². The molecule has 0 spiro atoms. The third kappa shape index (κ3) is 2.46. The number of ether oxygens (including phenoxy) is 1. The Morgan fingerprint density at radius 3 is 3.15 bits per heavy atom. The van der Waals surface area contributed by atoms with Crippen molar-refractivity contribution >= 4 is 22.6 Å². The molecule has 0 aromatic rings. The van der Waals surface area contributed by atoms with Crippen molar-refractivity contribution in [3.05, 3.63) is 0 Å². The lowest BCUT2D eigenvalue weighted by molar-refractivity contribution is 0.133. The molecule has 2 fully saturated rings. The number of thioether (sulfide) groups is 1. The van der Waals surface area contributed by atoms with Crippen molar-refractivity contribution in [3.8, 4) is 0 Å². The van der Waals surface area contributed by atoms with Gasteiger partial charge in [-0.3, -0.25) is 4.21 Å². The van der Waals surface area contributed by atoms with Gasteiger partial charge >= 0.3 is 0 Å². The third-order valence-corrected chi connectivity index (χ3v) is 5.24. The largest absolute Gasteiger partial charge is 0.379 e. The van der Waals surface area contributed by atoms with E-state index in [1.165, 1.54) is 5.75 Å². The molecule has 0 aromatic heterocycles. The van der Waals surface area contributed by atoms with E-state index in [0.29, 0.717) is 25.0 Å². The maximum Gasteiger partial charge on any atom is 0.0743 e. The van der Waals surface area contributed by atoms with E-state index in [0.717, 1.165) is 12.3 Å². The van der Waals surface area contributed by atoms with E-state index in [1.54, 1.807) is 0 Å². The molecule has 0 aliphatic carbocycles. The molecule has 0 bridgehead atoms. The average Bonchev–Trinajstić information content (AvgIpc) is 2.20. The van der Waals surface area contributed by atoms with Gasteiger partial charge in [-0.05, 0) is 0 Å². The van der Waals surface area contributed by atoms with Gasteiger partial charge in [0.2, 0.25) is 0 Å². The minimum Gasteiger partial charge on any atom is -0.379 e. The molecule has 3 nitrogen and oxygen atoms in total. The first-order valence-corrected chi connectivity index (χ1v) is 7.17. The summed E-state index contributed by atoms with van der Waals surface area (Å²) in [6.07, 6.45) is 0. The molecule has 0 amide bonds. The number of hydrogen-bond acceptors (Lipinski definition) is 4. The van der Waals surface area contributed by atoms with Crippen molar-refractivity contribution in [2.75, 3.05) is 37.0 Å². The highest BCUT2D eigenvalue weighted by atomic mass is 32.2. The molecule has 2 aliphatic rings. The molecule has 1 N–H and O–H groups in total. The van der Waals surface area contributed by atoms with E-state index >= 15 is 0 Å². The molecule has 0 aromatic carbocycles. The van der Waals surface area contributed by atoms with Crippen molar-refractivity contribution in [2.45, 2.75) is 11.3 Å². The van der Waals surface area contributed by atoms with E-state index in [1.807, 2.05) is 11.8 Å². The van der Waals surface area contributed by atoms with Crippen LogP contribution in [0, 0.1) is 0 Å². The molecule has 76 valence electrons. The van der Waals surface area contributed by atoms with Crippen molar-refractivity contribution in [2.24, 2.45) is 0 Å². The fourth-order valence-corrected chi connectivity index (χ4v) is 4.24. The van der Waals surface area contributed by atoms with E-state index in [-0.39, 0.29) is 5.25 Å². The summed E-state index contributed by atoms with van der Waals surface area (Å²) >= 11 is 1.95. The Hall–Kier alpha value is 0.420. The lowest BCUT2D eigenvalue weighted by atomic mass is 10.2. The molecule has 2 heterocycles. The van der Waals surface area contributed by atoms with Gasteiger partial charge in [0.1, 0.15) is 0 Å². The van der Waals surface area contributed by atoms with Crippen LogP contribution in [0.3, 0.4) is 0 Å². The summed E-state index contributed by atoms with van der Waals surface area (Å²) in [4.78, 5) is 0. The van der Waals surface area contributed by atoms with Gasteiger partial charge in [-0.2, -0.15) is 11.8 Å². The maximum atomic E-state index is 11.7. The van der Waals surface area contributed by atoms with Crippen molar-refractivity contribution in [1.29, 1.82) is 0 Å². The van der Waals surface area contributed by atoms with Crippen LogP contribution in [0.1, 0.15) is 0 Å². The second-order valence-corrected chi connectivity index (χ2v) is 6.26. The predicted octanol–water partition coefficient (Wildman–Crippen LogP) is -0.161. The fraction of sp³-hybridized carbons (Fsp3) is 1.00. The first kappa shape index (κ1) is 9.96. The smallest absolute Gasteiger partial charge is 0.0743 e.